The van der Waals surface area contributed by atoms with Gasteiger partial charge in [0.15, 0.2) is 0 Å². The second-order valence-electron chi connectivity index (χ2n) is 4.26. The maximum atomic E-state index is 5.36. The van der Waals surface area contributed by atoms with Crippen molar-refractivity contribution in [3.63, 3.8) is 0 Å². The third kappa shape index (κ3) is 1.83. The maximum Gasteiger partial charge on any atom is 0.105 e. The predicted molar refractivity (Wildman–Crippen MR) is 64.3 cm³/mol. The maximum absolute atomic E-state index is 5.36. The van der Waals surface area contributed by atoms with Gasteiger partial charge in [0, 0.05) is 19.5 Å². The highest BCUT2D eigenvalue weighted by Gasteiger charge is 2.18. The van der Waals surface area contributed by atoms with Crippen molar-refractivity contribution in [1.82, 2.24) is 4.90 Å². The Kier molecular flexibility index (Phi) is 2.62. The topological polar surface area (TPSA) is 24.8 Å². The van der Waals surface area contributed by atoms with E-state index in [0.29, 0.717) is 0 Å². The van der Waals surface area contributed by atoms with E-state index in [4.69, 9.17) is 9.73 Å². The Morgan fingerprint density at radius 2 is 1.88 bits per heavy atom. The Morgan fingerprint density at radius 1 is 1.06 bits per heavy atom. The number of morpholine rings is 1. The van der Waals surface area contributed by atoms with E-state index in [2.05, 4.69) is 29.2 Å². The zero-order valence-electron chi connectivity index (χ0n) is 9.35. The first-order valence-electron chi connectivity index (χ1n) is 5.92. The van der Waals surface area contributed by atoms with E-state index in [1.165, 1.54) is 11.4 Å². The summed E-state index contributed by atoms with van der Waals surface area (Å²) in [6, 6.07) is 8.43. The number of amidine groups is 1. The van der Waals surface area contributed by atoms with Crippen molar-refractivity contribution in [3.8, 4) is 0 Å². The second-order valence-corrected chi connectivity index (χ2v) is 4.26. The summed E-state index contributed by atoms with van der Waals surface area (Å²) in [4.78, 5) is 7.12. The van der Waals surface area contributed by atoms with Crippen LogP contribution in [0.4, 0.5) is 5.69 Å². The third-order valence-corrected chi connectivity index (χ3v) is 3.24. The Labute approximate surface area is 95.7 Å². The summed E-state index contributed by atoms with van der Waals surface area (Å²) >= 11 is 0. The van der Waals surface area contributed by atoms with Crippen LogP contribution in [0.5, 0.6) is 0 Å². The minimum atomic E-state index is 0.834. The van der Waals surface area contributed by atoms with Crippen molar-refractivity contribution in [3.05, 3.63) is 29.8 Å². The van der Waals surface area contributed by atoms with Gasteiger partial charge < -0.3 is 9.64 Å². The van der Waals surface area contributed by atoms with Crippen LogP contribution in [0.2, 0.25) is 0 Å². The number of para-hydroxylation sites is 1. The lowest BCUT2D eigenvalue weighted by Gasteiger charge is -2.31. The molecule has 0 aliphatic carbocycles. The van der Waals surface area contributed by atoms with Crippen LogP contribution in [-0.4, -0.2) is 37.0 Å². The highest BCUT2D eigenvalue weighted by atomic mass is 16.5. The van der Waals surface area contributed by atoms with Gasteiger partial charge in [0.05, 0.1) is 18.9 Å². The van der Waals surface area contributed by atoms with Crippen LogP contribution in [0, 0.1) is 0 Å². The molecule has 3 nitrogen and oxygen atoms in total. The van der Waals surface area contributed by atoms with Gasteiger partial charge in [-0.2, -0.15) is 0 Å². The highest BCUT2D eigenvalue weighted by Crippen LogP contribution is 2.26. The molecule has 1 saturated heterocycles. The number of aliphatic imine (C=N–C) groups is 1. The zero-order valence-corrected chi connectivity index (χ0v) is 9.35. The van der Waals surface area contributed by atoms with E-state index in [1.807, 2.05) is 0 Å². The quantitative estimate of drug-likeness (QED) is 0.662. The van der Waals surface area contributed by atoms with Crippen LogP contribution in [0.25, 0.3) is 0 Å². The van der Waals surface area contributed by atoms with Gasteiger partial charge in [0.1, 0.15) is 5.84 Å². The standard InChI is InChI=1S/C13H16N2O/c1-2-4-12-11(3-1)5-6-13(14-12)15-7-9-16-10-8-15/h1-4H,5-10H2. The Bertz CT molecular complexity index is 408. The van der Waals surface area contributed by atoms with E-state index in [9.17, 15) is 0 Å². The lowest BCUT2D eigenvalue weighted by Crippen LogP contribution is -2.41. The summed E-state index contributed by atoms with van der Waals surface area (Å²) in [5, 5.41) is 0. The zero-order chi connectivity index (χ0) is 10.8. The van der Waals surface area contributed by atoms with Crippen molar-refractivity contribution in [2.24, 2.45) is 4.99 Å². The van der Waals surface area contributed by atoms with Gasteiger partial charge in [0.25, 0.3) is 0 Å². The van der Waals surface area contributed by atoms with Crippen LogP contribution >= 0.6 is 0 Å². The van der Waals surface area contributed by atoms with Gasteiger partial charge in [0.2, 0.25) is 0 Å². The summed E-state index contributed by atoms with van der Waals surface area (Å²) in [5.41, 5.74) is 2.52. The third-order valence-electron chi connectivity index (χ3n) is 3.24. The molecule has 0 amide bonds. The fraction of sp³-hybridized carbons (Fsp3) is 0.462. The highest BCUT2D eigenvalue weighted by molar-refractivity contribution is 5.87. The number of hydrogen-bond acceptors (Lipinski definition) is 3. The molecule has 0 bridgehead atoms. The molecule has 1 aromatic carbocycles. The minimum absolute atomic E-state index is 0.834. The van der Waals surface area contributed by atoms with Gasteiger partial charge in [-0.25, -0.2) is 4.99 Å². The molecule has 2 aliphatic rings. The minimum Gasteiger partial charge on any atom is -0.378 e. The molecular weight excluding hydrogens is 200 g/mol. The van der Waals surface area contributed by atoms with Gasteiger partial charge in [-0.15, -0.1) is 0 Å². The second kappa shape index (κ2) is 4.26. The monoisotopic (exact) mass is 216 g/mol. The number of hydrogen-bond donors (Lipinski definition) is 0. The fourth-order valence-corrected chi connectivity index (χ4v) is 2.32. The number of fused-ring (bicyclic) bond motifs is 1. The normalized spacial score (nSPS) is 20.2. The molecule has 0 aromatic heterocycles. The van der Waals surface area contributed by atoms with Crippen LogP contribution in [0.3, 0.4) is 0 Å². The Morgan fingerprint density at radius 3 is 2.75 bits per heavy atom. The molecule has 0 N–H and O–H groups in total. The van der Waals surface area contributed by atoms with Crippen molar-refractivity contribution in [2.75, 3.05) is 26.3 Å². The van der Waals surface area contributed by atoms with E-state index in [1.54, 1.807) is 0 Å². The van der Waals surface area contributed by atoms with E-state index in [-0.39, 0.29) is 0 Å². The van der Waals surface area contributed by atoms with Gasteiger partial charge in [-0.05, 0) is 18.1 Å². The molecule has 0 radical (unpaired) electrons. The van der Waals surface area contributed by atoms with E-state index < -0.39 is 0 Å². The molecule has 0 spiro atoms. The summed E-state index contributed by atoms with van der Waals surface area (Å²) in [6.45, 7) is 3.64. The predicted octanol–water partition coefficient (Wildman–Crippen LogP) is 2.00. The van der Waals surface area contributed by atoms with Crippen LogP contribution in [0.1, 0.15) is 12.0 Å². The summed E-state index contributed by atoms with van der Waals surface area (Å²) in [6.07, 6.45) is 2.18. The molecule has 2 aliphatic heterocycles. The van der Waals surface area contributed by atoms with Crippen molar-refractivity contribution in [1.29, 1.82) is 0 Å². The van der Waals surface area contributed by atoms with E-state index >= 15 is 0 Å². The molecule has 16 heavy (non-hydrogen) atoms. The molecule has 1 aromatic rings. The number of ether oxygens (including phenoxy) is 1. The smallest absolute Gasteiger partial charge is 0.105 e. The molecule has 84 valence electrons. The van der Waals surface area contributed by atoms with Crippen molar-refractivity contribution >= 4 is 11.5 Å². The first-order chi connectivity index (χ1) is 7.93. The fourth-order valence-electron chi connectivity index (χ4n) is 2.32. The molecule has 2 heterocycles. The van der Waals surface area contributed by atoms with Crippen LogP contribution < -0.4 is 0 Å². The molecule has 3 rings (SSSR count). The van der Waals surface area contributed by atoms with Gasteiger partial charge >= 0.3 is 0 Å². The Balaban J connectivity index is 1.85. The lowest BCUT2D eigenvalue weighted by atomic mass is 10.0. The van der Waals surface area contributed by atoms with Crippen molar-refractivity contribution in [2.45, 2.75) is 12.8 Å². The lowest BCUT2D eigenvalue weighted by molar-refractivity contribution is 0.0671. The molecule has 1 fully saturated rings. The number of nitrogens with zero attached hydrogens (tertiary/aromatic N) is 2. The summed E-state index contributed by atoms with van der Waals surface area (Å²) in [7, 11) is 0. The average molecular weight is 216 g/mol. The van der Waals surface area contributed by atoms with Crippen LogP contribution in [-0.2, 0) is 11.2 Å². The van der Waals surface area contributed by atoms with Crippen molar-refractivity contribution < 1.29 is 4.74 Å². The summed E-state index contributed by atoms with van der Waals surface area (Å²) in [5.74, 6) is 1.24. The van der Waals surface area contributed by atoms with E-state index in [0.717, 1.165) is 44.8 Å². The number of aryl methyl sites for hydroxylation is 1. The molecule has 0 atom stereocenters. The SMILES string of the molecule is c1ccc2c(c1)CCC(N1CCOCC1)=N2. The molecule has 0 unspecified atom stereocenters. The van der Waals surface area contributed by atoms with Gasteiger partial charge in [-0.1, -0.05) is 18.2 Å². The largest absolute Gasteiger partial charge is 0.378 e. The molecule has 0 saturated carbocycles. The Hall–Kier alpha value is -1.35. The average Bonchev–Trinajstić information content (AvgIpc) is 2.39. The first kappa shape index (κ1) is 9.85. The summed E-state index contributed by atoms with van der Waals surface area (Å²) < 4.78 is 5.36. The first-order valence-corrected chi connectivity index (χ1v) is 5.92. The van der Waals surface area contributed by atoms with Gasteiger partial charge in [-0.3, -0.25) is 0 Å². The molecule has 3 heteroatoms. The number of benzene rings is 1. The number of rotatable bonds is 0. The molecular formula is C13H16N2O. The van der Waals surface area contributed by atoms with Crippen LogP contribution in [0.15, 0.2) is 29.3 Å².